The lowest BCUT2D eigenvalue weighted by Gasteiger charge is -2.41. The number of nitrogens with zero attached hydrogens (tertiary/aromatic N) is 1. The number of benzene rings is 3. The van der Waals surface area contributed by atoms with Crippen LogP contribution in [0.5, 0.6) is 11.5 Å². The van der Waals surface area contributed by atoms with Crippen LogP contribution in [0.2, 0.25) is 15.1 Å². The Labute approximate surface area is 204 Å². The van der Waals surface area contributed by atoms with Gasteiger partial charge in [-0.05, 0) is 41.5 Å². The van der Waals surface area contributed by atoms with Crippen LogP contribution in [-0.2, 0) is 4.79 Å². The fraction of sp³-hybridized carbons (Fsp3) is 0.167. The minimum Gasteiger partial charge on any atom is -0.486 e. The normalized spacial score (nSPS) is 19.2. The van der Waals surface area contributed by atoms with Crippen LogP contribution in [0.3, 0.4) is 0 Å². The van der Waals surface area contributed by atoms with Crippen molar-refractivity contribution in [3.8, 4) is 11.5 Å². The molecule has 3 aromatic carbocycles. The van der Waals surface area contributed by atoms with Crippen LogP contribution in [0.25, 0.3) is 0 Å². The van der Waals surface area contributed by atoms with Gasteiger partial charge in [-0.3, -0.25) is 14.5 Å². The monoisotopic (exact) mass is 503 g/mol. The number of amides is 1. The number of aliphatic carboxylic acids is 1. The number of rotatable bonds is 3. The summed E-state index contributed by atoms with van der Waals surface area (Å²) in [5.74, 6) is -1.47. The van der Waals surface area contributed by atoms with Crippen molar-refractivity contribution in [2.24, 2.45) is 0 Å². The highest BCUT2D eigenvalue weighted by Gasteiger charge is 2.45. The van der Waals surface area contributed by atoms with Gasteiger partial charge in [0, 0.05) is 11.3 Å². The Morgan fingerprint density at radius 1 is 0.939 bits per heavy atom. The highest BCUT2D eigenvalue weighted by Crippen LogP contribution is 2.48. The standard InChI is InChI=1S/C24H16Cl3NO5/c25-16-10-13(11-17(26)21(16)27)28-22(12-5-6-18-19(9-12)33-8-7-32-18)20(24(30)31)14-3-1-2-4-15(14)23(28)29/h1-6,9-11,20,22H,7-8H2,(H,30,31)/t20-,22+/m0/s1. The molecule has 3 aromatic rings. The van der Waals surface area contributed by atoms with E-state index in [9.17, 15) is 14.7 Å². The molecule has 0 radical (unpaired) electrons. The summed E-state index contributed by atoms with van der Waals surface area (Å²) < 4.78 is 11.3. The second-order valence-electron chi connectivity index (χ2n) is 7.65. The zero-order chi connectivity index (χ0) is 23.3. The van der Waals surface area contributed by atoms with Gasteiger partial charge in [0.25, 0.3) is 5.91 Å². The molecule has 0 spiro atoms. The largest absolute Gasteiger partial charge is 0.486 e. The lowest BCUT2D eigenvalue weighted by Crippen LogP contribution is -2.45. The SMILES string of the molecule is O=C(O)[C@H]1c2ccccc2C(=O)N(c2cc(Cl)c(Cl)c(Cl)c2)[C@@H]1c1ccc2c(c1)OCCO2. The molecule has 6 nitrogen and oxygen atoms in total. The molecular formula is C24H16Cl3NO5. The number of halogens is 3. The molecule has 5 rings (SSSR count). The number of hydrogen-bond donors (Lipinski definition) is 1. The first kappa shape index (κ1) is 21.9. The van der Waals surface area contributed by atoms with E-state index in [2.05, 4.69) is 0 Å². The van der Waals surface area contributed by atoms with Gasteiger partial charge >= 0.3 is 5.97 Å². The molecule has 0 aliphatic carbocycles. The van der Waals surface area contributed by atoms with Crippen molar-refractivity contribution in [2.75, 3.05) is 18.1 Å². The van der Waals surface area contributed by atoms with E-state index in [1.165, 1.54) is 17.0 Å². The predicted molar refractivity (Wildman–Crippen MR) is 125 cm³/mol. The van der Waals surface area contributed by atoms with Gasteiger partial charge in [-0.2, -0.15) is 0 Å². The fourth-order valence-corrected chi connectivity index (χ4v) is 4.94. The van der Waals surface area contributed by atoms with Crippen molar-refractivity contribution in [1.82, 2.24) is 0 Å². The van der Waals surface area contributed by atoms with E-state index in [1.54, 1.807) is 42.5 Å². The molecule has 9 heteroatoms. The van der Waals surface area contributed by atoms with Crippen molar-refractivity contribution >= 4 is 52.4 Å². The Kier molecular flexibility index (Phi) is 5.60. The lowest BCUT2D eigenvalue weighted by atomic mass is 9.79. The highest BCUT2D eigenvalue weighted by molar-refractivity contribution is 6.48. The maximum absolute atomic E-state index is 13.7. The molecule has 0 saturated heterocycles. The number of anilines is 1. The number of carboxylic acid groups (broad SMARTS) is 1. The molecule has 0 unspecified atom stereocenters. The second kappa shape index (κ2) is 8.45. The van der Waals surface area contributed by atoms with Crippen LogP contribution >= 0.6 is 34.8 Å². The number of carbonyl (C=O) groups excluding carboxylic acids is 1. The molecule has 2 aliphatic heterocycles. The van der Waals surface area contributed by atoms with E-state index in [0.717, 1.165) is 0 Å². The third-order valence-electron chi connectivity index (χ3n) is 5.76. The summed E-state index contributed by atoms with van der Waals surface area (Å²) in [6.07, 6.45) is 0. The van der Waals surface area contributed by atoms with Crippen LogP contribution in [0.1, 0.15) is 33.4 Å². The molecule has 2 atom stereocenters. The van der Waals surface area contributed by atoms with E-state index in [4.69, 9.17) is 44.3 Å². The van der Waals surface area contributed by atoms with Gasteiger partial charge in [-0.25, -0.2) is 0 Å². The Hall–Kier alpha value is -2.93. The predicted octanol–water partition coefficient (Wildman–Crippen LogP) is 5.99. The smallest absolute Gasteiger partial charge is 0.313 e. The minimum atomic E-state index is -1.08. The van der Waals surface area contributed by atoms with E-state index in [0.29, 0.717) is 47.1 Å². The first-order chi connectivity index (χ1) is 15.9. The second-order valence-corrected chi connectivity index (χ2v) is 8.84. The van der Waals surface area contributed by atoms with E-state index in [-0.39, 0.29) is 21.0 Å². The average molecular weight is 505 g/mol. The first-order valence-electron chi connectivity index (χ1n) is 10.1. The molecule has 2 aliphatic rings. The summed E-state index contributed by atoms with van der Waals surface area (Å²) >= 11 is 18.7. The topological polar surface area (TPSA) is 76.1 Å². The Balaban J connectivity index is 1.76. The summed E-state index contributed by atoms with van der Waals surface area (Å²) in [7, 11) is 0. The molecule has 2 heterocycles. The van der Waals surface area contributed by atoms with Crippen LogP contribution in [0.4, 0.5) is 5.69 Å². The molecule has 1 amide bonds. The summed E-state index contributed by atoms with van der Waals surface area (Å²) in [5, 5.41) is 10.7. The van der Waals surface area contributed by atoms with Gasteiger partial charge in [0.2, 0.25) is 0 Å². The molecule has 0 aromatic heterocycles. The van der Waals surface area contributed by atoms with Gasteiger partial charge in [0.05, 0.1) is 21.1 Å². The molecule has 1 N–H and O–H groups in total. The molecule has 0 saturated carbocycles. The van der Waals surface area contributed by atoms with Gasteiger partial charge in [0.1, 0.15) is 19.1 Å². The quantitative estimate of drug-likeness (QED) is 0.444. The zero-order valence-electron chi connectivity index (χ0n) is 16.9. The first-order valence-corrected chi connectivity index (χ1v) is 11.2. The third kappa shape index (κ3) is 3.68. The number of carboxylic acids is 1. The van der Waals surface area contributed by atoms with Gasteiger partial charge in [0.15, 0.2) is 11.5 Å². The summed E-state index contributed by atoms with van der Waals surface area (Å²) in [5.41, 5.74) is 1.62. The summed E-state index contributed by atoms with van der Waals surface area (Å²) in [4.78, 5) is 27.7. The highest BCUT2D eigenvalue weighted by atomic mass is 35.5. The van der Waals surface area contributed by atoms with Gasteiger partial charge in [-0.15, -0.1) is 0 Å². The van der Waals surface area contributed by atoms with Crippen LogP contribution in [-0.4, -0.2) is 30.2 Å². The number of hydrogen-bond acceptors (Lipinski definition) is 4. The summed E-state index contributed by atoms with van der Waals surface area (Å²) in [6, 6.07) is 14.0. The van der Waals surface area contributed by atoms with Crippen LogP contribution in [0, 0.1) is 0 Å². The van der Waals surface area contributed by atoms with Crippen molar-refractivity contribution in [1.29, 1.82) is 0 Å². The Morgan fingerprint density at radius 3 is 2.30 bits per heavy atom. The van der Waals surface area contributed by atoms with Crippen molar-refractivity contribution in [2.45, 2.75) is 12.0 Å². The zero-order valence-corrected chi connectivity index (χ0v) is 19.2. The molecule has 0 bridgehead atoms. The number of ether oxygens (including phenoxy) is 2. The Morgan fingerprint density at radius 2 is 1.61 bits per heavy atom. The van der Waals surface area contributed by atoms with Gasteiger partial charge < -0.3 is 14.6 Å². The third-order valence-corrected chi connectivity index (χ3v) is 6.96. The summed E-state index contributed by atoms with van der Waals surface area (Å²) in [6.45, 7) is 0.796. The maximum atomic E-state index is 13.7. The van der Waals surface area contributed by atoms with E-state index in [1.807, 2.05) is 0 Å². The number of carbonyl (C=O) groups is 2. The van der Waals surface area contributed by atoms with Crippen molar-refractivity contribution in [3.63, 3.8) is 0 Å². The molecule has 33 heavy (non-hydrogen) atoms. The van der Waals surface area contributed by atoms with Crippen LogP contribution < -0.4 is 14.4 Å². The van der Waals surface area contributed by atoms with Gasteiger partial charge in [-0.1, -0.05) is 59.1 Å². The average Bonchev–Trinajstić information content (AvgIpc) is 2.81. The fourth-order valence-electron chi connectivity index (χ4n) is 4.35. The Bertz CT molecular complexity index is 1270. The van der Waals surface area contributed by atoms with Crippen molar-refractivity contribution < 1.29 is 24.2 Å². The molecular weight excluding hydrogens is 489 g/mol. The minimum absolute atomic E-state index is 0.151. The van der Waals surface area contributed by atoms with E-state index >= 15 is 0 Å². The lowest BCUT2D eigenvalue weighted by molar-refractivity contribution is -0.139. The molecule has 168 valence electrons. The maximum Gasteiger partial charge on any atom is 0.313 e. The molecule has 0 fully saturated rings. The van der Waals surface area contributed by atoms with Crippen LogP contribution in [0.15, 0.2) is 54.6 Å². The number of fused-ring (bicyclic) bond motifs is 2. The van der Waals surface area contributed by atoms with E-state index < -0.39 is 17.9 Å². The van der Waals surface area contributed by atoms with Crippen molar-refractivity contribution in [3.05, 3.63) is 86.4 Å².